The summed E-state index contributed by atoms with van der Waals surface area (Å²) in [4.78, 5) is 15.2. The molecular weight excluding hydrogens is 336 g/mol. The average molecular weight is 364 g/mol. The molecule has 142 valence electrons. The first-order valence-electron chi connectivity index (χ1n) is 10.0. The first kappa shape index (κ1) is 18.2. The lowest BCUT2D eigenvalue weighted by molar-refractivity contribution is -0.138. The highest BCUT2D eigenvalue weighted by Gasteiger charge is 2.31. The third-order valence-corrected chi connectivity index (χ3v) is 5.79. The van der Waals surface area contributed by atoms with Crippen LogP contribution in [0.3, 0.4) is 0 Å². The van der Waals surface area contributed by atoms with Crippen molar-refractivity contribution in [3.05, 3.63) is 70.8 Å². The van der Waals surface area contributed by atoms with Crippen LogP contribution in [0.15, 0.2) is 48.5 Å². The second-order valence-electron chi connectivity index (χ2n) is 7.41. The van der Waals surface area contributed by atoms with E-state index in [1.807, 2.05) is 11.0 Å². The Kier molecular flexibility index (Phi) is 5.55. The van der Waals surface area contributed by atoms with Crippen molar-refractivity contribution in [2.45, 2.75) is 38.3 Å². The summed E-state index contributed by atoms with van der Waals surface area (Å²) < 4.78 is 5.97. The fraction of sp³-hybridized carbons (Fsp3) is 0.435. The van der Waals surface area contributed by atoms with E-state index in [1.54, 1.807) is 0 Å². The fourth-order valence-electron chi connectivity index (χ4n) is 4.20. The second kappa shape index (κ2) is 8.24. The van der Waals surface area contributed by atoms with Crippen molar-refractivity contribution in [1.82, 2.24) is 10.2 Å². The van der Waals surface area contributed by atoms with E-state index < -0.39 is 0 Å². The van der Waals surface area contributed by atoms with Crippen LogP contribution < -0.4 is 5.32 Å². The predicted octanol–water partition coefficient (Wildman–Crippen LogP) is 3.43. The smallest absolute Gasteiger partial charge is 0.226 e. The highest BCUT2D eigenvalue weighted by atomic mass is 16.5. The van der Waals surface area contributed by atoms with Crippen LogP contribution in [-0.2, 0) is 22.4 Å². The van der Waals surface area contributed by atoms with E-state index in [1.165, 1.54) is 22.3 Å². The molecular formula is C23H28N2O2. The number of hydrogen-bond donors (Lipinski definition) is 1. The first-order chi connectivity index (χ1) is 13.3. The topological polar surface area (TPSA) is 41.6 Å². The molecule has 4 nitrogen and oxygen atoms in total. The Balaban J connectivity index is 1.51. The van der Waals surface area contributed by atoms with Gasteiger partial charge in [-0.2, -0.15) is 0 Å². The molecule has 2 aromatic rings. The molecule has 2 unspecified atom stereocenters. The van der Waals surface area contributed by atoms with Crippen molar-refractivity contribution in [2.24, 2.45) is 0 Å². The molecule has 2 aliphatic rings. The summed E-state index contributed by atoms with van der Waals surface area (Å²) in [6, 6.07) is 17.1. The van der Waals surface area contributed by atoms with Gasteiger partial charge in [0.25, 0.3) is 0 Å². The van der Waals surface area contributed by atoms with E-state index in [0.717, 1.165) is 32.5 Å². The zero-order valence-electron chi connectivity index (χ0n) is 16.0. The minimum Gasteiger partial charge on any atom is -0.373 e. The number of benzene rings is 2. The molecule has 0 spiro atoms. The molecule has 0 aromatic heterocycles. The number of piperazine rings is 1. The maximum absolute atomic E-state index is 13.2. The number of carbonyl (C=O) groups is 1. The Morgan fingerprint density at radius 3 is 2.81 bits per heavy atom. The lowest BCUT2D eigenvalue weighted by Gasteiger charge is -2.38. The number of nitrogens with zero attached hydrogens (tertiary/aromatic N) is 1. The number of carbonyl (C=O) groups excluding carboxylic acids is 1. The van der Waals surface area contributed by atoms with E-state index >= 15 is 0 Å². The molecule has 0 bridgehead atoms. The van der Waals surface area contributed by atoms with Crippen LogP contribution in [0.2, 0.25) is 0 Å². The molecule has 1 amide bonds. The third-order valence-electron chi connectivity index (χ3n) is 5.79. The highest BCUT2D eigenvalue weighted by molar-refractivity contribution is 5.78. The molecule has 2 atom stereocenters. The quantitative estimate of drug-likeness (QED) is 0.904. The number of nitrogens with one attached hydrogen (secondary N) is 1. The van der Waals surface area contributed by atoms with Gasteiger partial charge in [-0.1, -0.05) is 55.5 Å². The molecule has 0 saturated carbocycles. The summed E-state index contributed by atoms with van der Waals surface area (Å²) in [5.41, 5.74) is 5.02. The molecule has 1 fully saturated rings. The van der Waals surface area contributed by atoms with Gasteiger partial charge in [-0.3, -0.25) is 4.79 Å². The van der Waals surface area contributed by atoms with Crippen LogP contribution in [0.1, 0.15) is 47.7 Å². The van der Waals surface area contributed by atoms with Gasteiger partial charge in [0.2, 0.25) is 5.91 Å². The summed E-state index contributed by atoms with van der Waals surface area (Å²) in [6.45, 7) is 5.25. The van der Waals surface area contributed by atoms with Gasteiger partial charge in [0.05, 0.1) is 25.2 Å². The standard InChI is InChI=1S/C23H28N2O2/c1-2-17-7-9-19(10-8-17)21-16-24-12-13-25(21)23(26)15-22-20-6-4-3-5-18(20)11-14-27-22/h3-10,21-22,24H,2,11-16H2,1H3. The first-order valence-corrected chi connectivity index (χ1v) is 10.0. The number of fused-ring (bicyclic) bond motifs is 1. The monoisotopic (exact) mass is 364 g/mol. The Bertz CT molecular complexity index is 787. The molecule has 4 heteroatoms. The van der Waals surface area contributed by atoms with Gasteiger partial charge < -0.3 is 15.0 Å². The predicted molar refractivity (Wildman–Crippen MR) is 107 cm³/mol. The second-order valence-corrected chi connectivity index (χ2v) is 7.41. The minimum atomic E-state index is -0.125. The summed E-state index contributed by atoms with van der Waals surface area (Å²) in [7, 11) is 0. The SMILES string of the molecule is CCc1ccc(C2CNCCN2C(=O)CC2OCCc3ccccc32)cc1. The maximum atomic E-state index is 13.2. The van der Waals surface area contributed by atoms with Crippen molar-refractivity contribution >= 4 is 5.91 Å². The molecule has 0 aliphatic carbocycles. The average Bonchev–Trinajstić information content (AvgIpc) is 2.74. The van der Waals surface area contributed by atoms with Crippen molar-refractivity contribution in [3.8, 4) is 0 Å². The van der Waals surface area contributed by atoms with Crippen molar-refractivity contribution in [3.63, 3.8) is 0 Å². The molecule has 27 heavy (non-hydrogen) atoms. The number of ether oxygens (including phenoxy) is 1. The van der Waals surface area contributed by atoms with Gasteiger partial charge >= 0.3 is 0 Å². The van der Waals surface area contributed by atoms with Crippen LogP contribution >= 0.6 is 0 Å². The number of aryl methyl sites for hydroxylation is 1. The molecule has 1 N–H and O–H groups in total. The maximum Gasteiger partial charge on any atom is 0.226 e. The normalized spacial score (nSPS) is 22.3. The van der Waals surface area contributed by atoms with Gasteiger partial charge in [0.15, 0.2) is 0 Å². The summed E-state index contributed by atoms with van der Waals surface area (Å²) in [5.74, 6) is 0.183. The minimum absolute atomic E-state index is 0.0935. The Morgan fingerprint density at radius 2 is 2.00 bits per heavy atom. The molecule has 1 saturated heterocycles. The zero-order valence-corrected chi connectivity index (χ0v) is 16.0. The van der Waals surface area contributed by atoms with Crippen LogP contribution in [0.4, 0.5) is 0 Å². The lowest BCUT2D eigenvalue weighted by Crippen LogP contribution is -2.49. The molecule has 2 aromatic carbocycles. The van der Waals surface area contributed by atoms with Gasteiger partial charge in [-0.25, -0.2) is 0 Å². The zero-order chi connectivity index (χ0) is 18.6. The summed E-state index contributed by atoms with van der Waals surface area (Å²) >= 11 is 0. The Hall–Kier alpha value is -2.17. The number of hydrogen-bond acceptors (Lipinski definition) is 3. The van der Waals surface area contributed by atoms with Crippen LogP contribution in [0.25, 0.3) is 0 Å². The van der Waals surface area contributed by atoms with E-state index in [4.69, 9.17) is 4.74 Å². The third kappa shape index (κ3) is 3.92. The van der Waals surface area contributed by atoms with Gasteiger partial charge in [-0.15, -0.1) is 0 Å². The van der Waals surface area contributed by atoms with Crippen molar-refractivity contribution in [2.75, 3.05) is 26.2 Å². The van der Waals surface area contributed by atoms with Crippen LogP contribution in [0.5, 0.6) is 0 Å². The highest BCUT2D eigenvalue weighted by Crippen LogP contribution is 2.32. The molecule has 2 aliphatic heterocycles. The fourth-order valence-corrected chi connectivity index (χ4v) is 4.20. The molecule has 4 rings (SSSR count). The Labute approximate surface area is 161 Å². The van der Waals surface area contributed by atoms with Gasteiger partial charge in [-0.05, 0) is 35.1 Å². The van der Waals surface area contributed by atoms with E-state index in [-0.39, 0.29) is 18.1 Å². The van der Waals surface area contributed by atoms with Gasteiger partial charge in [0, 0.05) is 19.6 Å². The van der Waals surface area contributed by atoms with E-state index in [0.29, 0.717) is 13.0 Å². The molecule has 2 heterocycles. The Morgan fingerprint density at radius 1 is 1.19 bits per heavy atom. The summed E-state index contributed by atoms with van der Waals surface area (Å²) in [5, 5.41) is 3.44. The van der Waals surface area contributed by atoms with Crippen LogP contribution in [-0.4, -0.2) is 37.0 Å². The number of rotatable bonds is 4. The largest absolute Gasteiger partial charge is 0.373 e. The van der Waals surface area contributed by atoms with Gasteiger partial charge in [0.1, 0.15) is 0 Å². The lowest BCUT2D eigenvalue weighted by atomic mass is 9.94. The molecule has 0 radical (unpaired) electrons. The van der Waals surface area contributed by atoms with Crippen molar-refractivity contribution in [1.29, 1.82) is 0 Å². The van der Waals surface area contributed by atoms with E-state index in [2.05, 4.69) is 54.7 Å². The summed E-state index contributed by atoms with van der Waals surface area (Å²) in [6.07, 6.45) is 2.26. The van der Waals surface area contributed by atoms with Crippen molar-refractivity contribution < 1.29 is 9.53 Å². The van der Waals surface area contributed by atoms with Crippen LogP contribution in [0, 0.1) is 0 Å². The van der Waals surface area contributed by atoms with E-state index in [9.17, 15) is 4.79 Å². The number of amides is 1.